The molecule has 1 aliphatic heterocycles. The van der Waals surface area contributed by atoms with Crippen molar-refractivity contribution in [2.24, 2.45) is 0 Å². The van der Waals surface area contributed by atoms with Crippen LogP contribution in [-0.4, -0.2) is 62.9 Å². The van der Waals surface area contributed by atoms with Crippen LogP contribution in [-0.2, 0) is 14.3 Å². The summed E-state index contributed by atoms with van der Waals surface area (Å²) in [5, 5.41) is 3.34. The van der Waals surface area contributed by atoms with E-state index in [2.05, 4.69) is 12.2 Å². The molecule has 1 saturated heterocycles. The van der Waals surface area contributed by atoms with E-state index in [1.807, 2.05) is 11.8 Å². The van der Waals surface area contributed by atoms with Crippen molar-refractivity contribution in [1.29, 1.82) is 0 Å². The average Bonchev–Trinajstić information content (AvgIpc) is 2.27. The Kier molecular flexibility index (Phi) is 5.73. The van der Waals surface area contributed by atoms with Crippen molar-refractivity contribution >= 4 is 5.91 Å². The molecule has 2 atom stereocenters. The molecule has 0 spiro atoms. The molecule has 16 heavy (non-hydrogen) atoms. The molecule has 94 valence electrons. The largest absolute Gasteiger partial charge is 0.382 e. The van der Waals surface area contributed by atoms with Crippen molar-refractivity contribution in [2.75, 3.05) is 40.0 Å². The zero-order valence-corrected chi connectivity index (χ0v) is 10.4. The SMILES string of the molecule is COCCOCC(=O)N1CC(C)NCC1C. The van der Waals surface area contributed by atoms with Gasteiger partial charge in [0.1, 0.15) is 6.61 Å². The maximum absolute atomic E-state index is 11.8. The molecule has 0 radical (unpaired) electrons. The minimum atomic E-state index is 0.0666. The molecular weight excluding hydrogens is 208 g/mol. The molecule has 0 aliphatic carbocycles. The van der Waals surface area contributed by atoms with Crippen LogP contribution in [0.25, 0.3) is 0 Å². The Labute approximate surface area is 97.1 Å². The Morgan fingerprint density at radius 2 is 2.19 bits per heavy atom. The summed E-state index contributed by atoms with van der Waals surface area (Å²) in [6, 6.07) is 0.605. The Balaban J connectivity index is 2.28. The van der Waals surface area contributed by atoms with Gasteiger partial charge in [0, 0.05) is 32.3 Å². The van der Waals surface area contributed by atoms with Gasteiger partial charge in [-0.25, -0.2) is 0 Å². The predicted molar refractivity (Wildman–Crippen MR) is 61.3 cm³/mol. The number of methoxy groups -OCH3 is 1. The Morgan fingerprint density at radius 1 is 1.44 bits per heavy atom. The zero-order chi connectivity index (χ0) is 12.0. The number of nitrogens with one attached hydrogen (secondary N) is 1. The molecule has 0 aromatic rings. The Morgan fingerprint density at radius 3 is 2.88 bits per heavy atom. The molecule has 1 N–H and O–H groups in total. The molecule has 5 heteroatoms. The highest BCUT2D eigenvalue weighted by Gasteiger charge is 2.26. The van der Waals surface area contributed by atoms with Crippen LogP contribution in [0, 0.1) is 0 Å². The number of rotatable bonds is 5. The molecule has 1 heterocycles. The van der Waals surface area contributed by atoms with Crippen molar-refractivity contribution < 1.29 is 14.3 Å². The third kappa shape index (κ3) is 4.08. The van der Waals surface area contributed by atoms with E-state index in [9.17, 15) is 4.79 Å². The van der Waals surface area contributed by atoms with Crippen molar-refractivity contribution in [1.82, 2.24) is 10.2 Å². The molecule has 1 aliphatic rings. The van der Waals surface area contributed by atoms with Gasteiger partial charge in [0.05, 0.1) is 13.2 Å². The molecule has 0 bridgehead atoms. The lowest BCUT2D eigenvalue weighted by Crippen LogP contribution is -2.57. The fourth-order valence-electron chi connectivity index (χ4n) is 1.75. The fourth-order valence-corrected chi connectivity index (χ4v) is 1.75. The van der Waals surface area contributed by atoms with Gasteiger partial charge >= 0.3 is 0 Å². The Bertz CT molecular complexity index is 223. The van der Waals surface area contributed by atoms with Crippen LogP contribution in [0.2, 0.25) is 0 Å². The van der Waals surface area contributed by atoms with Crippen LogP contribution in [0.15, 0.2) is 0 Å². The third-order valence-electron chi connectivity index (χ3n) is 2.74. The number of amides is 1. The Hall–Kier alpha value is -0.650. The molecule has 1 rings (SSSR count). The van der Waals surface area contributed by atoms with E-state index in [0.717, 1.165) is 13.1 Å². The second-order valence-corrected chi connectivity index (χ2v) is 4.25. The summed E-state index contributed by atoms with van der Waals surface area (Å²) in [4.78, 5) is 13.7. The highest BCUT2D eigenvalue weighted by atomic mass is 16.5. The summed E-state index contributed by atoms with van der Waals surface area (Å²) in [5.74, 6) is 0.0666. The molecule has 5 nitrogen and oxygen atoms in total. The van der Waals surface area contributed by atoms with Gasteiger partial charge in [0.2, 0.25) is 5.91 Å². The van der Waals surface area contributed by atoms with Crippen molar-refractivity contribution in [3.8, 4) is 0 Å². The summed E-state index contributed by atoms with van der Waals surface area (Å²) in [6.07, 6.45) is 0. The summed E-state index contributed by atoms with van der Waals surface area (Å²) in [5.41, 5.74) is 0. The van der Waals surface area contributed by atoms with E-state index in [1.165, 1.54) is 0 Å². The second-order valence-electron chi connectivity index (χ2n) is 4.25. The van der Waals surface area contributed by atoms with Gasteiger partial charge in [0.15, 0.2) is 0 Å². The number of piperazine rings is 1. The summed E-state index contributed by atoms with van der Waals surface area (Å²) >= 11 is 0. The van der Waals surface area contributed by atoms with E-state index < -0.39 is 0 Å². The predicted octanol–water partition coefficient (Wildman–Crippen LogP) is -0.142. The van der Waals surface area contributed by atoms with Crippen LogP contribution in [0.5, 0.6) is 0 Å². The number of carbonyl (C=O) groups is 1. The fraction of sp³-hybridized carbons (Fsp3) is 0.909. The smallest absolute Gasteiger partial charge is 0.248 e. The maximum Gasteiger partial charge on any atom is 0.248 e. The topological polar surface area (TPSA) is 50.8 Å². The van der Waals surface area contributed by atoms with Gasteiger partial charge in [-0.3, -0.25) is 4.79 Å². The third-order valence-corrected chi connectivity index (χ3v) is 2.74. The molecule has 1 fully saturated rings. The highest BCUT2D eigenvalue weighted by molar-refractivity contribution is 5.78. The normalized spacial score (nSPS) is 25.8. The van der Waals surface area contributed by atoms with Gasteiger partial charge in [-0.05, 0) is 13.8 Å². The first-order chi connectivity index (χ1) is 7.65. The number of hydrogen-bond acceptors (Lipinski definition) is 4. The quantitative estimate of drug-likeness (QED) is 0.668. The van der Waals surface area contributed by atoms with Crippen molar-refractivity contribution in [3.63, 3.8) is 0 Å². The number of carbonyl (C=O) groups excluding carboxylic acids is 1. The van der Waals surface area contributed by atoms with E-state index in [4.69, 9.17) is 9.47 Å². The first-order valence-corrected chi connectivity index (χ1v) is 5.74. The van der Waals surface area contributed by atoms with Gasteiger partial charge in [-0.1, -0.05) is 0 Å². The molecule has 2 unspecified atom stereocenters. The van der Waals surface area contributed by atoms with Crippen LogP contribution in [0.4, 0.5) is 0 Å². The summed E-state index contributed by atoms with van der Waals surface area (Å²) in [6.45, 7) is 6.89. The van der Waals surface area contributed by atoms with E-state index in [-0.39, 0.29) is 18.6 Å². The standard InChI is InChI=1S/C11H22N2O3/c1-9-7-13(10(2)6-12-9)11(14)8-16-5-4-15-3/h9-10,12H,4-8H2,1-3H3. The lowest BCUT2D eigenvalue weighted by molar-refractivity contribution is -0.140. The van der Waals surface area contributed by atoms with Crippen molar-refractivity contribution in [2.45, 2.75) is 25.9 Å². The van der Waals surface area contributed by atoms with E-state index >= 15 is 0 Å². The minimum absolute atomic E-state index is 0.0666. The van der Waals surface area contributed by atoms with Crippen LogP contribution in [0.1, 0.15) is 13.8 Å². The number of ether oxygens (including phenoxy) is 2. The van der Waals surface area contributed by atoms with Gasteiger partial charge < -0.3 is 19.7 Å². The second kappa shape index (κ2) is 6.83. The van der Waals surface area contributed by atoms with Crippen LogP contribution in [0.3, 0.4) is 0 Å². The lowest BCUT2D eigenvalue weighted by atomic mass is 10.1. The maximum atomic E-state index is 11.8. The zero-order valence-electron chi connectivity index (χ0n) is 10.4. The highest BCUT2D eigenvalue weighted by Crippen LogP contribution is 2.06. The minimum Gasteiger partial charge on any atom is -0.382 e. The molecule has 0 saturated carbocycles. The van der Waals surface area contributed by atoms with Gasteiger partial charge in [0.25, 0.3) is 0 Å². The number of hydrogen-bond donors (Lipinski definition) is 1. The molecular formula is C11H22N2O3. The molecule has 0 aromatic heterocycles. The summed E-state index contributed by atoms with van der Waals surface area (Å²) < 4.78 is 10.1. The van der Waals surface area contributed by atoms with Crippen LogP contribution < -0.4 is 5.32 Å². The van der Waals surface area contributed by atoms with E-state index in [1.54, 1.807) is 7.11 Å². The first kappa shape index (κ1) is 13.4. The van der Waals surface area contributed by atoms with Crippen LogP contribution >= 0.6 is 0 Å². The van der Waals surface area contributed by atoms with Crippen molar-refractivity contribution in [3.05, 3.63) is 0 Å². The lowest BCUT2D eigenvalue weighted by Gasteiger charge is -2.37. The first-order valence-electron chi connectivity index (χ1n) is 5.74. The summed E-state index contributed by atoms with van der Waals surface area (Å²) in [7, 11) is 1.62. The van der Waals surface area contributed by atoms with Gasteiger partial charge in [-0.15, -0.1) is 0 Å². The van der Waals surface area contributed by atoms with Gasteiger partial charge in [-0.2, -0.15) is 0 Å². The average molecular weight is 230 g/mol. The van der Waals surface area contributed by atoms with E-state index in [0.29, 0.717) is 19.3 Å². The number of nitrogens with zero attached hydrogens (tertiary/aromatic N) is 1. The monoisotopic (exact) mass is 230 g/mol. The molecule has 1 amide bonds. The molecule has 0 aromatic carbocycles.